The summed E-state index contributed by atoms with van der Waals surface area (Å²) in [5.74, 6) is 0.239. The average molecular weight is 273 g/mol. The molecular weight excluding hydrogens is 259 g/mol. The normalized spacial score (nSPS) is 19.6. The number of hydrogen-bond acceptors (Lipinski definition) is 3. The molecule has 0 aromatic heterocycles. The quantitative estimate of drug-likeness (QED) is 0.879. The van der Waals surface area contributed by atoms with Gasteiger partial charge in [-0.2, -0.15) is 0 Å². The topological polar surface area (TPSA) is 24.4 Å². The first-order valence-electron chi connectivity index (χ1n) is 5.49. The third kappa shape index (κ3) is 3.36. The van der Waals surface area contributed by atoms with Crippen LogP contribution in [-0.4, -0.2) is 17.0 Å². The smallest absolute Gasteiger partial charge is 0.161 e. The maximum Gasteiger partial charge on any atom is 0.161 e. The third-order valence-electron chi connectivity index (χ3n) is 2.54. The lowest BCUT2D eigenvalue weighted by Crippen LogP contribution is -2.13. The SMILES string of the molecule is CC(C)C1CN=C(Nc2cc(F)cc(Cl)c2)S1. The van der Waals surface area contributed by atoms with E-state index in [0.29, 0.717) is 21.9 Å². The molecule has 1 N–H and O–H groups in total. The van der Waals surface area contributed by atoms with Gasteiger partial charge < -0.3 is 5.32 Å². The van der Waals surface area contributed by atoms with Crippen LogP contribution in [0.1, 0.15) is 13.8 Å². The molecule has 0 fully saturated rings. The fraction of sp³-hybridized carbons (Fsp3) is 0.417. The number of benzene rings is 1. The molecule has 1 heterocycles. The maximum atomic E-state index is 13.1. The van der Waals surface area contributed by atoms with Crippen LogP contribution < -0.4 is 5.32 Å². The first-order valence-corrected chi connectivity index (χ1v) is 6.74. The van der Waals surface area contributed by atoms with E-state index in [2.05, 4.69) is 24.2 Å². The van der Waals surface area contributed by atoms with Crippen molar-refractivity contribution in [3.8, 4) is 0 Å². The van der Waals surface area contributed by atoms with Gasteiger partial charge in [-0.1, -0.05) is 37.2 Å². The Kier molecular flexibility index (Phi) is 3.94. The number of halogens is 2. The zero-order chi connectivity index (χ0) is 12.4. The van der Waals surface area contributed by atoms with Gasteiger partial charge in [0.2, 0.25) is 0 Å². The summed E-state index contributed by atoms with van der Waals surface area (Å²) in [7, 11) is 0. The molecule has 1 aromatic rings. The molecule has 0 radical (unpaired) electrons. The third-order valence-corrected chi connectivity index (χ3v) is 4.20. The van der Waals surface area contributed by atoms with E-state index in [1.54, 1.807) is 17.8 Å². The van der Waals surface area contributed by atoms with Crippen molar-refractivity contribution in [2.75, 3.05) is 11.9 Å². The Bertz CT molecular complexity index is 428. The Morgan fingerprint density at radius 2 is 2.24 bits per heavy atom. The van der Waals surface area contributed by atoms with Crippen molar-refractivity contribution in [1.29, 1.82) is 0 Å². The lowest BCUT2D eigenvalue weighted by atomic mass is 10.1. The van der Waals surface area contributed by atoms with E-state index in [1.165, 1.54) is 12.1 Å². The van der Waals surface area contributed by atoms with Crippen molar-refractivity contribution in [2.45, 2.75) is 19.1 Å². The maximum absolute atomic E-state index is 13.1. The second-order valence-electron chi connectivity index (χ2n) is 4.33. The van der Waals surface area contributed by atoms with Gasteiger partial charge in [0, 0.05) is 16.0 Å². The fourth-order valence-corrected chi connectivity index (χ4v) is 2.81. The standard InChI is InChI=1S/C12H14ClFN2S/c1-7(2)11-6-15-12(17-11)16-10-4-8(13)3-9(14)5-10/h3-5,7,11H,6H2,1-2H3,(H,15,16). The summed E-state index contributed by atoms with van der Waals surface area (Å²) in [6.07, 6.45) is 0. The monoisotopic (exact) mass is 272 g/mol. The van der Waals surface area contributed by atoms with E-state index < -0.39 is 0 Å². The summed E-state index contributed by atoms with van der Waals surface area (Å²) in [5, 5.41) is 4.82. The van der Waals surface area contributed by atoms with E-state index in [4.69, 9.17) is 11.6 Å². The predicted octanol–water partition coefficient (Wildman–Crippen LogP) is 4.02. The van der Waals surface area contributed by atoms with Crippen LogP contribution in [0.4, 0.5) is 10.1 Å². The number of hydrogen-bond donors (Lipinski definition) is 1. The molecule has 0 saturated carbocycles. The van der Waals surface area contributed by atoms with Crippen LogP contribution in [0.3, 0.4) is 0 Å². The Hall–Kier alpha value is -0.740. The molecule has 0 spiro atoms. The summed E-state index contributed by atoms with van der Waals surface area (Å²) in [5.41, 5.74) is 0.644. The molecule has 5 heteroatoms. The molecule has 2 nitrogen and oxygen atoms in total. The lowest BCUT2D eigenvalue weighted by Gasteiger charge is -2.12. The first kappa shape index (κ1) is 12.7. The molecule has 1 unspecified atom stereocenters. The second-order valence-corrected chi connectivity index (χ2v) is 5.99. The first-order chi connectivity index (χ1) is 8.04. The summed E-state index contributed by atoms with van der Waals surface area (Å²) in [6, 6.07) is 4.39. The number of thioether (sulfide) groups is 1. The molecule has 92 valence electrons. The number of nitrogens with zero attached hydrogens (tertiary/aromatic N) is 1. The number of amidine groups is 1. The zero-order valence-electron chi connectivity index (χ0n) is 9.71. The molecule has 0 saturated heterocycles. The highest BCUT2D eigenvalue weighted by atomic mass is 35.5. The molecule has 1 aromatic carbocycles. The highest BCUT2D eigenvalue weighted by molar-refractivity contribution is 8.15. The van der Waals surface area contributed by atoms with Crippen molar-refractivity contribution in [3.05, 3.63) is 29.0 Å². The van der Waals surface area contributed by atoms with Crippen molar-refractivity contribution in [3.63, 3.8) is 0 Å². The van der Waals surface area contributed by atoms with Crippen LogP contribution in [0, 0.1) is 11.7 Å². The van der Waals surface area contributed by atoms with Gasteiger partial charge in [-0.3, -0.25) is 4.99 Å². The van der Waals surface area contributed by atoms with E-state index >= 15 is 0 Å². The second kappa shape index (κ2) is 5.27. The van der Waals surface area contributed by atoms with Gasteiger partial charge >= 0.3 is 0 Å². The van der Waals surface area contributed by atoms with Crippen molar-refractivity contribution >= 4 is 34.2 Å². The zero-order valence-corrected chi connectivity index (χ0v) is 11.3. The Balaban J connectivity index is 2.03. The summed E-state index contributed by atoms with van der Waals surface area (Å²) >= 11 is 7.49. The molecule has 1 atom stereocenters. The average Bonchev–Trinajstić information content (AvgIpc) is 2.64. The Labute approximate surface area is 110 Å². The minimum absolute atomic E-state index is 0.344. The molecule has 0 bridgehead atoms. The van der Waals surface area contributed by atoms with Crippen LogP contribution in [0.5, 0.6) is 0 Å². The van der Waals surface area contributed by atoms with Crippen LogP contribution >= 0.6 is 23.4 Å². The molecule has 0 aliphatic carbocycles. The van der Waals surface area contributed by atoms with Gasteiger partial charge in [0.15, 0.2) is 5.17 Å². The van der Waals surface area contributed by atoms with E-state index in [0.717, 1.165) is 11.7 Å². The number of rotatable bonds is 2. The minimum atomic E-state index is -0.344. The summed E-state index contributed by atoms with van der Waals surface area (Å²) < 4.78 is 13.1. The highest BCUT2D eigenvalue weighted by Crippen LogP contribution is 2.28. The van der Waals surface area contributed by atoms with Gasteiger partial charge in [-0.15, -0.1) is 0 Å². The van der Waals surface area contributed by atoms with Crippen molar-refractivity contribution < 1.29 is 4.39 Å². The van der Waals surface area contributed by atoms with Gasteiger partial charge in [-0.25, -0.2) is 4.39 Å². The minimum Gasteiger partial charge on any atom is -0.335 e. The molecular formula is C12H14ClFN2S. The van der Waals surface area contributed by atoms with Crippen LogP contribution in [-0.2, 0) is 0 Å². The van der Waals surface area contributed by atoms with Crippen LogP contribution in [0.25, 0.3) is 0 Å². The fourth-order valence-electron chi connectivity index (χ4n) is 1.56. The number of anilines is 1. The molecule has 17 heavy (non-hydrogen) atoms. The van der Waals surface area contributed by atoms with Crippen molar-refractivity contribution in [2.24, 2.45) is 10.9 Å². The molecule has 2 rings (SSSR count). The molecule has 1 aliphatic heterocycles. The van der Waals surface area contributed by atoms with Crippen molar-refractivity contribution in [1.82, 2.24) is 0 Å². The van der Waals surface area contributed by atoms with Gasteiger partial charge in [0.1, 0.15) is 5.82 Å². The van der Waals surface area contributed by atoms with Crippen LogP contribution in [0.2, 0.25) is 5.02 Å². The van der Waals surface area contributed by atoms with E-state index in [-0.39, 0.29) is 5.82 Å². The molecule has 1 aliphatic rings. The predicted molar refractivity (Wildman–Crippen MR) is 73.6 cm³/mol. The van der Waals surface area contributed by atoms with Gasteiger partial charge in [0.05, 0.1) is 6.54 Å². The number of nitrogens with one attached hydrogen (secondary N) is 1. The van der Waals surface area contributed by atoms with Crippen LogP contribution in [0.15, 0.2) is 23.2 Å². The van der Waals surface area contributed by atoms with Gasteiger partial charge in [0.25, 0.3) is 0 Å². The highest BCUT2D eigenvalue weighted by Gasteiger charge is 2.22. The Morgan fingerprint density at radius 1 is 1.47 bits per heavy atom. The largest absolute Gasteiger partial charge is 0.335 e. The van der Waals surface area contributed by atoms with E-state index in [9.17, 15) is 4.39 Å². The lowest BCUT2D eigenvalue weighted by molar-refractivity contribution is 0.621. The van der Waals surface area contributed by atoms with E-state index in [1.807, 2.05) is 0 Å². The van der Waals surface area contributed by atoms with Gasteiger partial charge in [-0.05, 0) is 24.1 Å². The summed E-state index contributed by atoms with van der Waals surface area (Å²) in [4.78, 5) is 4.40. The Morgan fingerprint density at radius 3 is 2.82 bits per heavy atom. The molecule has 0 amide bonds. The summed E-state index contributed by atoms with van der Waals surface area (Å²) in [6.45, 7) is 5.16. The number of aliphatic imine (C=N–C) groups is 1.